The van der Waals surface area contributed by atoms with E-state index in [0.717, 1.165) is 0 Å². The fourth-order valence-corrected chi connectivity index (χ4v) is 2.82. The Morgan fingerprint density at radius 1 is 1.06 bits per heavy atom. The highest BCUT2D eigenvalue weighted by atomic mass is 16.4. The number of amides is 4. The number of aliphatic carboxylic acids is 1. The van der Waals surface area contributed by atoms with Gasteiger partial charge in [0.25, 0.3) is 0 Å². The van der Waals surface area contributed by atoms with Gasteiger partial charge in [0.05, 0.1) is 18.8 Å². The predicted molar refractivity (Wildman–Crippen MR) is 116 cm³/mol. The lowest BCUT2D eigenvalue weighted by molar-refractivity contribution is -0.141. The minimum absolute atomic E-state index is 0.0104. The average Bonchev–Trinajstić information content (AvgIpc) is 3.24. The second-order valence-corrected chi connectivity index (χ2v) is 7.53. The van der Waals surface area contributed by atoms with Crippen molar-refractivity contribution in [2.24, 2.45) is 17.2 Å². The molecule has 0 radical (unpaired) electrons. The van der Waals surface area contributed by atoms with Gasteiger partial charge in [0.2, 0.25) is 23.6 Å². The van der Waals surface area contributed by atoms with Gasteiger partial charge in [-0.15, -0.1) is 0 Å². The first-order valence-corrected chi connectivity index (χ1v) is 10.4. The van der Waals surface area contributed by atoms with E-state index in [4.69, 9.17) is 22.3 Å². The number of carbonyl (C=O) groups excluding carboxylic acids is 4. The molecular weight excluding hydrogens is 436 g/mol. The molecule has 184 valence electrons. The van der Waals surface area contributed by atoms with Crippen LogP contribution in [0.2, 0.25) is 0 Å². The summed E-state index contributed by atoms with van der Waals surface area (Å²) < 4.78 is 0. The van der Waals surface area contributed by atoms with Crippen molar-refractivity contribution in [3.05, 3.63) is 18.2 Å². The summed E-state index contributed by atoms with van der Waals surface area (Å²) in [5.74, 6) is -4.19. The molecule has 1 aromatic heterocycles. The summed E-state index contributed by atoms with van der Waals surface area (Å²) in [7, 11) is 0. The number of H-pyrrole nitrogens is 1. The molecule has 1 rings (SSSR count). The van der Waals surface area contributed by atoms with Crippen LogP contribution in [-0.2, 0) is 30.4 Å². The number of hydrogen-bond acceptors (Lipinski definition) is 8. The molecule has 0 aliphatic heterocycles. The third kappa shape index (κ3) is 10.1. The highest BCUT2D eigenvalue weighted by molar-refractivity contribution is 5.95. The van der Waals surface area contributed by atoms with Crippen LogP contribution in [0.15, 0.2) is 12.5 Å². The third-order valence-corrected chi connectivity index (χ3v) is 4.68. The molecule has 0 bridgehead atoms. The zero-order chi connectivity index (χ0) is 25.0. The van der Waals surface area contributed by atoms with Gasteiger partial charge in [-0.2, -0.15) is 0 Å². The maximum absolute atomic E-state index is 13.0. The number of carbonyl (C=O) groups is 5. The summed E-state index contributed by atoms with van der Waals surface area (Å²) in [5.41, 5.74) is 16.7. The van der Waals surface area contributed by atoms with Crippen LogP contribution in [0.4, 0.5) is 0 Å². The molecule has 0 aromatic carbocycles. The molecule has 14 nitrogen and oxygen atoms in total. The quantitative estimate of drug-likeness (QED) is 0.121. The number of carboxylic acid groups (broad SMARTS) is 1. The van der Waals surface area contributed by atoms with E-state index in [9.17, 15) is 24.0 Å². The van der Waals surface area contributed by atoms with Crippen LogP contribution in [0.1, 0.15) is 38.3 Å². The Morgan fingerprint density at radius 3 is 2.24 bits per heavy atom. The van der Waals surface area contributed by atoms with Crippen molar-refractivity contribution >= 4 is 29.6 Å². The highest BCUT2D eigenvalue weighted by Gasteiger charge is 2.30. The molecule has 0 fully saturated rings. The zero-order valence-electron chi connectivity index (χ0n) is 18.4. The van der Waals surface area contributed by atoms with E-state index in [1.165, 1.54) is 19.4 Å². The Balaban J connectivity index is 2.99. The normalized spacial score (nSPS) is 14.4. The number of carboxylic acids is 1. The number of imidazole rings is 1. The molecule has 0 spiro atoms. The van der Waals surface area contributed by atoms with E-state index in [-0.39, 0.29) is 12.8 Å². The number of aromatic nitrogens is 2. The first-order chi connectivity index (χ1) is 15.5. The molecule has 0 saturated heterocycles. The molecule has 0 aliphatic carbocycles. The van der Waals surface area contributed by atoms with Gasteiger partial charge in [-0.05, 0) is 32.7 Å². The summed E-state index contributed by atoms with van der Waals surface area (Å²) in [6.45, 7) is 1.67. The summed E-state index contributed by atoms with van der Waals surface area (Å²) in [4.78, 5) is 66.7. The fraction of sp³-hybridized carbons (Fsp3) is 0.579. The number of rotatable bonds is 15. The van der Waals surface area contributed by atoms with Crippen molar-refractivity contribution in [2.75, 3.05) is 6.54 Å². The number of primary amides is 1. The molecule has 14 heteroatoms. The van der Waals surface area contributed by atoms with Crippen molar-refractivity contribution in [3.63, 3.8) is 0 Å². The minimum Gasteiger partial charge on any atom is -0.480 e. The minimum atomic E-state index is -1.26. The Morgan fingerprint density at radius 2 is 1.70 bits per heavy atom. The lowest BCUT2D eigenvalue weighted by atomic mass is 10.1. The largest absolute Gasteiger partial charge is 0.480 e. The summed E-state index contributed by atoms with van der Waals surface area (Å²) >= 11 is 0. The monoisotopic (exact) mass is 468 g/mol. The number of nitrogens with two attached hydrogens (primary N) is 3. The van der Waals surface area contributed by atoms with Gasteiger partial charge in [-0.3, -0.25) is 24.0 Å². The van der Waals surface area contributed by atoms with Gasteiger partial charge in [0, 0.05) is 18.3 Å². The second-order valence-electron chi connectivity index (χ2n) is 7.53. The summed E-state index contributed by atoms with van der Waals surface area (Å²) in [6.07, 6.45) is 3.71. The van der Waals surface area contributed by atoms with Gasteiger partial charge >= 0.3 is 5.97 Å². The molecule has 0 saturated carbocycles. The maximum atomic E-state index is 13.0. The van der Waals surface area contributed by atoms with E-state index in [1.807, 2.05) is 0 Å². The average molecular weight is 469 g/mol. The number of unbranched alkanes of at least 4 members (excludes halogenated alkanes) is 1. The molecule has 0 aliphatic rings. The molecule has 11 N–H and O–H groups in total. The van der Waals surface area contributed by atoms with E-state index in [1.54, 1.807) is 0 Å². The molecular formula is C19H32N8O6. The predicted octanol–water partition coefficient (Wildman–Crippen LogP) is -3.16. The van der Waals surface area contributed by atoms with Crippen LogP contribution in [0, 0.1) is 0 Å². The Hall–Kier alpha value is -3.52. The van der Waals surface area contributed by atoms with Crippen LogP contribution >= 0.6 is 0 Å². The van der Waals surface area contributed by atoms with Gasteiger partial charge in [0.1, 0.15) is 18.1 Å². The maximum Gasteiger partial charge on any atom is 0.325 e. The highest BCUT2D eigenvalue weighted by Crippen LogP contribution is 2.05. The van der Waals surface area contributed by atoms with Crippen molar-refractivity contribution in [2.45, 2.75) is 63.2 Å². The number of nitrogens with zero attached hydrogens (tertiary/aromatic N) is 1. The topological polar surface area (TPSA) is 248 Å². The molecule has 33 heavy (non-hydrogen) atoms. The number of nitrogens with one attached hydrogen (secondary N) is 4. The van der Waals surface area contributed by atoms with Crippen LogP contribution in [-0.4, -0.2) is 75.4 Å². The van der Waals surface area contributed by atoms with Crippen LogP contribution in [0.25, 0.3) is 0 Å². The standard InChI is InChI=1S/C19H32N8O6/c1-10(19(32)33)25-17(30)13(4-2-3-5-20)26-18(31)14(6-11-8-23-9-24-11)27-16(29)12(21)7-15(22)28/h8-10,12-14H,2-7,20-21H2,1H3,(H2,22,28)(H,23,24)(H,25,30)(H,26,31)(H,27,29)(H,32,33). The smallest absolute Gasteiger partial charge is 0.325 e. The Bertz CT molecular complexity index is 815. The van der Waals surface area contributed by atoms with Gasteiger partial charge in [-0.25, -0.2) is 4.98 Å². The van der Waals surface area contributed by atoms with Gasteiger partial charge in [-0.1, -0.05) is 0 Å². The van der Waals surface area contributed by atoms with Gasteiger partial charge < -0.3 is 43.2 Å². The van der Waals surface area contributed by atoms with Gasteiger partial charge in [0.15, 0.2) is 0 Å². The van der Waals surface area contributed by atoms with Crippen LogP contribution in [0.5, 0.6) is 0 Å². The van der Waals surface area contributed by atoms with E-state index < -0.39 is 60.2 Å². The summed E-state index contributed by atoms with van der Waals surface area (Å²) in [6, 6.07) is -4.66. The molecule has 4 atom stereocenters. The van der Waals surface area contributed by atoms with Crippen molar-refractivity contribution in [1.82, 2.24) is 25.9 Å². The SMILES string of the molecule is CC(NC(=O)C(CCCCN)NC(=O)C(Cc1cnc[nH]1)NC(=O)C(N)CC(N)=O)C(=O)O. The van der Waals surface area contributed by atoms with E-state index in [2.05, 4.69) is 25.9 Å². The fourth-order valence-electron chi connectivity index (χ4n) is 2.82. The van der Waals surface area contributed by atoms with E-state index in [0.29, 0.717) is 25.1 Å². The van der Waals surface area contributed by atoms with Crippen LogP contribution < -0.4 is 33.2 Å². The number of aromatic amines is 1. The lowest BCUT2D eigenvalue weighted by Crippen LogP contribution is -2.57. The first kappa shape index (κ1) is 27.5. The van der Waals surface area contributed by atoms with E-state index >= 15 is 0 Å². The van der Waals surface area contributed by atoms with Crippen molar-refractivity contribution < 1.29 is 29.1 Å². The molecule has 4 unspecified atom stereocenters. The lowest BCUT2D eigenvalue weighted by Gasteiger charge is -2.24. The molecule has 4 amide bonds. The second kappa shape index (κ2) is 13.8. The first-order valence-electron chi connectivity index (χ1n) is 10.4. The Kier molecular flexibility index (Phi) is 11.5. The van der Waals surface area contributed by atoms with Crippen molar-refractivity contribution in [3.8, 4) is 0 Å². The number of hydrogen-bond donors (Lipinski definition) is 8. The molecule has 1 heterocycles. The summed E-state index contributed by atoms with van der Waals surface area (Å²) in [5, 5.41) is 16.4. The zero-order valence-corrected chi connectivity index (χ0v) is 18.4. The van der Waals surface area contributed by atoms with Crippen molar-refractivity contribution in [1.29, 1.82) is 0 Å². The third-order valence-electron chi connectivity index (χ3n) is 4.68. The van der Waals surface area contributed by atoms with Crippen LogP contribution in [0.3, 0.4) is 0 Å². The Labute approximate surface area is 190 Å². The molecule has 1 aromatic rings.